The van der Waals surface area contributed by atoms with E-state index in [1.807, 2.05) is 36.4 Å². The van der Waals surface area contributed by atoms with E-state index in [0.717, 1.165) is 16.9 Å². The molecule has 0 heterocycles. The molecule has 2 aromatic carbocycles. The Balaban J connectivity index is 2.06. The van der Waals surface area contributed by atoms with Crippen LogP contribution in [0.3, 0.4) is 0 Å². The lowest BCUT2D eigenvalue weighted by Gasteiger charge is -2.20. The summed E-state index contributed by atoms with van der Waals surface area (Å²) >= 11 is 0. The zero-order valence-electron chi connectivity index (χ0n) is 12.0. The van der Waals surface area contributed by atoms with Crippen LogP contribution in [0.15, 0.2) is 54.6 Å². The SMILES string of the molecule is CC(C)C(NN)c1cccc(OCc2ccccc2)c1. The van der Waals surface area contributed by atoms with Crippen molar-refractivity contribution in [3.63, 3.8) is 0 Å². The average Bonchev–Trinajstić information content (AvgIpc) is 2.47. The smallest absolute Gasteiger partial charge is 0.120 e. The van der Waals surface area contributed by atoms with Gasteiger partial charge < -0.3 is 4.74 Å². The van der Waals surface area contributed by atoms with Crippen LogP contribution in [0.2, 0.25) is 0 Å². The summed E-state index contributed by atoms with van der Waals surface area (Å²) in [7, 11) is 0. The van der Waals surface area contributed by atoms with Gasteiger partial charge in [-0.15, -0.1) is 0 Å². The number of ether oxygens (including phenoxy) is 1. The molecule has 0 aliphatic heterocycles. The molecule has 3 N–H and O–H groups in total. The van der Waals surface area contributed by atoms with Crippen molar-refractivity contribution in [3.05, 3.63) is 65.7 Å². The normalized spacial score (nSPS) is 12.4. The van der Waals surface area contributed by atoms with Gasteiger partial charge >= 0.3 is 0 Å². The third kappa shape index (κ3) is 3.83. The van der Waals surface area contributed by atoms with Gasteiger partial charge in [-0.3, -0.25) is 11.3 Å². The van der Waals surface area contributed by atoms with Gasteiger partial charge in [0, 0.05) is 6.04 Å². The highest BCUT2D eigenvalue weighted by molar-refractivity contribution is 5.31. The lowest BCUT2D eigenvalue weighted by Crippen LogP contribution is -2.31. The Labute approximate surface area is 120 Å². The molecule has 0 saturated heterocycles. The maximum absolute atomic E-state index is 5.84. The summed E-state index contributed by atoms with van der Waals surface area (Å²) in [6.45, 7) is 4.86. The van der Waals surface area contributed by atoms with Gasteiger partial charge in [0.1, 0.15) is 12.4 Å². The first-order valence-electron chi connectivity index (χ1n) is 6.93. The Kier molecular flexibility index (Phi) is 5.16. The minimum Gasteiger partial charge on any atom is -0.489 e. The predicted octanol–water partition coefficient (Wildman–Crippen LogP) is 3.43. The van der Waals surface area contributed by atoms with Crippen LogP contribution in [-0.4, -0.2) is 0 Å². The molecule has 20 heavy (non-hydrogen) atoms. The summed E-state index contributed by atoms with van der Waals surface area (Å²) < 4.78 is 5.84. The Morgan fingerprint density at radius 1 is 1.05 bits per heavy atom. The van der Waals surface area contributed by atoms with Crippen molar-refractivity contribution in [2.45, 2.75) is 26.5 Å². The van der Waals surface area contributed by atoms with E-state index in [0.29, 0.717) is 12.5 Å². The predicted molar refractivity (Wildman–Crippen MR) is 82.1 cm³/mol. The molecular weight excluding hydrogens is 248 g/mol. The van der Waals surface area contributed by atoms with Crippen molar-refractivity contribution in [1.29, 1.82) is 0 Å². The van der Waals surface area contributed by atoms with E-state index in [4.69, 9.17) is 10.6 Å². The molecule has 0 fully saturated rings. The number of hydrogen-bond donors (Lipinski definition) is 2. The highest BCUT2D eigenvalue weighted by Gasteiger charge is 2.14. The van der Waals surface area contributed by atoms with Gasteiger partial charge in [0.05, 0.1) is 0 Å². The molecule has 0 aromatic heterocycles. The van der Waals surface area contributed by atoms with Gasteiger partial charge in [-0.1, -0.05) is 56.3 Å². The molecule has 0 radical (unpaired) electrons. The van der Waals surface area contributed by atoms with Crippen molar-refractivity contribution in [1.82, 2.24) is 5.43 Å². The second-order valence-corrected chi connectivity index (χ2v) is 5.24. The number of hydrazine groups is 1. The number of hydrogen-bond acceptors (Lipinski definition) is 3. The largest absolute Gasteiger partial charge is 0.489 e. The molecule has 1 atom stereocenters. The van der Waals surface area contributed by atoms with E-state index in [-0.39, 0.29) is 6.04 Å². The van der Waals surface area contributed by atoms with Gasteiger partial charge in [-0.25, -0.2) is 0 Å². The molecule has 2 aromatic rings. The molecule has 0 bridgehead atoms. The minimum atomic E-state index is 0.135. The number of benzene rings is 2. The summed E-state index contributed by atoms with van der Waals surface area (Å²) in [5.74, 6) is 6.92. The maximum Gasteiger partial charge on any atom is 0.120 e. The molecule has 0 saturated carbocycles. The van der Waals surface area contributed by atoms with Crippen molar-refractivity contribution in [2.24, 2.45) is 11.8 Å². The summed E-state index contributed by atoms with van der Waals surface area (Å²) in [5.41, 5.74) is 5.17. The van der Waals surface area contributed by atoms with Gasteiger partial charge in [0.25, 0.3) is 0 Å². The zero-order valence-corrected chi connectivity index (χ0v) is 12.0. The molecule has 0 amide bonds. The third-order valence-corrected chi connectivity index (χ3v) is 3.31. The van der Waals surface area contributed by atoms with Crippen LogP contribution >= 0.6 is 0 Å². The van der Waals surface area contributed by atoms with Gasteiger partial charge in [-0.2, -0.15) is 0 Å². The Morgan fingerprint density at radius 3 is 2.45 bits per heavy atom. The molecule has 2 rings (SSSR count). The highest BCUT2D eigenvalue weighted by Crippen LogP contribution is 2.24. The first-order chi connectivity index (χ1) is 9.70. The van der Waals surface area contributed by atoms with Crippen LogP contribution in [0.4, 0.5) is 0 Å². The molecule has 0 aliphatic carbocycles. The second-order valence-electron chi connectivity index (χ2n) is 5.24. The van der Waals surface area contributed by atoms with Crippen LogP contribution in [0, 0.1) is 5.92 Å². The van der Waals surface area contributed by atoms with Crippen LogP contribution < -0.4 is 16.0 Å². The van der Waals surface area contributed by atoms with Crippen LogP contribution in [0.25, 0.3) is 0 Å². The van der Waals surface area contributed by atoms with Crippen molar-refractivity contribution < 1.29 is 4.74 Å². The van der Waals surface area contributed by atoms with E-state index >= 15 is 0 Å². The Morgan fingerprint density at radius 2 is 1.80 bits per heavy atom. The summed E-state index contributed by atoms with van der Waals surface area (Å²) in [4.78, 5) is 0. The van der Waals surface area contributed by atoms with E-state index in [2.05, 4.69) is 37.5 Å². The van der Waals surface area contributed by atoms with E-state index < -0.39 is 0 Å². The Bertz CT molecular complexity index is 526. The highest BCUT2D eigenvalue weighted by atomic mass is 16.5. The van der Waals surface area contributed by atoms with Gasteiger partial charge in [-0.05, 0) is 29.2 Å². The average molecular weight is 270 g/mol. The fraction of sp³-hybridized carbons (Fsp3) is 0.294. The van der Waals surface area contributed by atoms with Crippen molar-refractivity contribution in [3.8, 4) is 5.75 Å². The molecular formula is C17H22N2O. The summed E-state index contributed by atoms with van der Waals surface area (Å²) in [6, 6.07) is 18.4. The number of nitrogens with one attached hydrogen (secondary N) is 1. The Hall–Kier alpha value is -1.84. The third-order valence-electron chi connectivity index (χ3n) is 3.31. The fourth-order valence-corrected chi connectivity index (χ4v) is 2.21. The summed E-state index contributed by atoms with van der Waals surface area (Å²) in [5, 5.41) is 0. The van der Waals surface area contributed by atoms with Gasteiger partial charge in [0.2, 0.25) is 0 Å². The molecule has 1 unspecified atom stereocenters. The van der Waals surface area contributed by atoms with Crippen molar-refractivity contribution >= 4 is 0 Å². The van der Waals surface area contributed by atoms with Gasteiger partial charge in [0.15, 0.2) is 0 Å². The molecule has 0 aliphatic rings. The van der Waals surface area contributed by atoms with Crippen LogP contribution in [-0.2, 0) is 6.61 Å². The lowest BCUT2D eigenvalue weighted by molar-refractivity contribution is 0.305. The zero-order chi connectivity index (χ0) is 14.4. The van der Waals surface area contributed by atoms with E-state index in [1.54, 1.807) is 0 Å². The van der Waals surface area contributed by atoms with Crippen molar-refractivity contribution in [2.75, 3.05) is 0 Å². The molecule has 3 heteroatoms. The summed E-state index contributed by atoms with van der Waals surface area (Å²) in [6.07, 6.45) is 0. The lowest BCUT2D eigenvalue weighted by atomic mass is 9.97. The van der Waals surface area contributed by atoms with Crippen LogP contribution in [0.5, 0.6) is 5.75 Å². The minimum absolute atomic E-state index is 0.135. The first-order valence-corrected chi connectivity index (χ1v) is 6.93. The number of rotatable bonds is 6. The fourth-order valence-electron chi connectivity index (χ4n) is 2.21. The second kappa shape index (κ2) is 7.08. The standard InChI is InChI=1S/C17H22N2O/c1-13(2)17(19-18)15-9-6-10-16(11-15)20-12-14-7-4-3-5-8-14/h3-11,13,17,19H,12,18H2,1-2H3. The first kappa shape index (κ1) is 14.6. The van der Waals surface area contributed by atoms with E-state index in [9.17, 15) is 0 Å². The topological polar surface area (TPSA) is 47.3 Å². The number of nitrogens with two attached hydrogens (primary N) is 1. The van der Waals surface area contributed by atoms with E-state index in [1.165, 1.54) is 0 Å². The quantitative estimate of drug-likeness (QED) is 0.624. The molecule has 106 valence electrons. The molecule has 0 spiro atoms. The van der Waals surface area contributed by atoms with Crippen LogP contribution in [0.1, 0.15) is 31.0 Å². The molecule has 3 nitrogen and oxygen atoms in total. The maximum atomic E-state index is 5.84. The monoisotopic (exact) mass is 270 g/mol.